The number of hydrogen-bond donors (Lipinski definition) is 0. The molecule has 0 amide bonds. The Morgan fingerprint density at radius 3 is 2.74 bits per heavy atom. The first-order chi connectivity index (χ1) is 12.9. The van der Waals surface area contributed by atoms with Crippen LogP contribution in [0.15, 0.2) is 28.9 Å². The van der Waals surface area contributed by atoms with Gasteiger partial charge in [0.1, 0.15) is 11.3 Å². The number of aryl methyl sites for hydroxylation is 1. The molecule has 0 aliphatic rings. The van der Waals surface area contributed by atoms with E-state index in [1.807, 2.05) is 0 Å². The maximum atomic E-state index is 14.3. The summed E-state index contributed by atoms with van der Waals surface area (Å²) >= 11 is 6.13. The molecule has 9 heteroatoms. The fourth-order valence-corrected chi connectivity index (χ4v) is 3.21. The molecule has 0 N–H and O–H groups in total. The lowest BCUT2D eigenvalue weighted by molar-refractivity contribution is -0.0194. The van der Waals surface area contributed by atoms with E-state index in [0.29, 0.717) is 44.5 Å². The Kier molecular flexibility index (Phi) is 4.30. The van der Waals surface area contributed by atoms with Crippen molar-refractivity contribution in [2.45, 2.75) is 39.2 Å². The van der Waals surface area contributed by atoms with E-state index in [4.69, 9.17) is 16.1 Å². The molecule has 3 aromatic heterocycles. The number of nitrogens with zero attached hydrogens (tertiary/aromatic N) is 5. The number of fused-ring (bicyclic) bond motifs is 3. The van der Waals surface area contributed by atoms with Crippen LogP contribution in [0.1, 0.15) is 30.9 Å². The fourth-order valence-electron chi connectivity index (χ4n) is 3.04. The monoisotopic (exact) mass is 391 g/mol. The van der Waals surface area contributed by atoms with Crippen molar-refractivity contribution in [3.8, 4) is 0 Å². The number of hydrogen-bond acceptors (Lipinski definition) is 5. The van der Waals surface area contributed by atoms with E-state index in [1.54, 1.807) is 31.3 Å². The normalized spacial score (nSPS) is 12.3. The quantitative estimate of drug-likeness (QED) is 0.498. The number of aromatic nitrogens is 5. The molecule has 0 fully saturated rings. The molecule has 0 radical (unpaired) electrons. The van der Waals surface area contributed by atoms with Crippen LogP contribution >= 0.6 is 11.6 Å². The van der Waals surface area contributed by atoms with Crippen LogP contribution < -0.4 is 0 Å². The van der Waals surface area contributed by atoms with Gasteiger partial charge in [0.05, 0.1) is 30.2 Å². The highest BCUT2D eigenvalue weighted by Crippen LogP contribution is 2.31. The maximum absolute atomic E-state index is 14.3. The first-order valence-corrected chi connectivity index (χ1v) is 8.84. The van der Waals surface area contributed by atoms with E-state index >= 15 is 0 Å². The molecular weight excluding hydrogens is 376 g/mol. The largest absolute Gasteiger partial charge is 0.340 e. The number of rotatable bonds is 5. The van der Waals surface area contributed by atoms with Gasteiger partial charge in [-0.25, -0.2) is 13.8 Å². The van der Waals surface area contributed by atoms with Gasteiger partial charge >= 0.3 is 0 Å². The summed E-state index contributed by atoms with van der Waals surface area (Å²) in [5, 5.41) is 5.03. The van der Waals surface area contributed by atoms with Gasteiger partial charge in [0.15, 0.2) is 5.82 Å². The summed E-state index contributed by atoms with van der Waals surface area (Å²) in [4.78, 5) is 13.0. The first kappa shape index (κ1) is 17.8. The molecule has 3 heterocycles. The van der Waals surface area contributed by atoms with Gasteiger partial charge in [0.25, 0.3) is 5.92 Å². The summed E-state index contributed by atoms with van der Waals surface area (Å²) in [7, 11) is 0. The van der Waals surface area contributed by atoms with Crippen molar-refractivity contribution in [1.82, 2.24) is 24.7 Å². The Balaban J connectivity index is 1.95. The van der Waals surface area contributed by atoms with Crippen LogP contribution in [0.2, 0.25) is 5.02 Å². The van der Waals surface area contributed by atoms with Crippen LogP contribution in [0.4, 0.5) is 8.78 Å². The first-order valence-electron chi connectivity index (χ1n) is 8.46. The Bertz CT molecular complexity index is 1140. The van der Waals surface area contributed by atoms with Gasteiger partial charge in [0.2, 0.25) is 5.89 Å². The Hall–Kier alpha value is -2.61. The number of imidazole rings is 1. The standard InChI is InChI=1S/C18H16ClF2N5O/c1-3-18(20,21)9-26-16(7-15-23-10(2)27-25-15)24-14-8-22-13-5-4-11(19)6-12(13)17(14)26/h4-6,8H,3,7,9H2,1-2H3. The zero-order chi connectivity index (χ0) is 19.2. The van der Waals surface area contributed by atoms with Crippen molar-refractivity contribution in [3.63, 3.8) is 0 Å². The van der Waals surface area contributed by atoms with E-state index in [1.165, 1.54) is 11.5 Å². The highest BCUT2D eigenvalue weighted by Gasteiger charge is 2.30. The topological polar surface area (TPSA) is 69.6 Å². The van der Waals surface area contributed by atoms with Crippen LogP contribution in [-0.2, 0) is 13.0 Å². The predicted molar refractivity (Wildman–Crippen MR) is 97.1 cm³/mol. The van der Waals surface area contributed by atoms with Gasteiger partial charge in [-0.3, -0.25) is 4.98 Å². The van der Waals surface area contributed by atoms with Crippen LogP contribution in [0.3, 0.4) is 0 Å². The van der Waals surface area contributed by atoms with Gasteiger partial charge in [0, 0.05) is 23.8 Å². The Morgan fingerprint density at radius 1 is 1.22 bits per heavy atom. The van der Waals surface area contributed by atoms with E-state index in [0.717, 1.165) is 0 Å². The van der Waals surface area contributed by atoms with Crippen LogP contribution in [0, 0.1) is 6.92 Å². The van der Waals surface area contributed by atoms with E-state index in [2.05, 4.69) is 20.1 Å². The minimum absolute atomic E-state index is 0.174. The smallest absolute Gasteiger partial charge is 0.265 e. The molecular formula is C18H16ClF2N5O. The molecule has 0 bridgehead atoms. The van der Waals surface area contributed by atoms with Crippen LogP contribution in [-0.4, -0.2) is 30.6 Å². The van der Waals surface area contributed by atoms with Gasteiger partial charge in [-0.05, 0) is 18.2 Å². The lowest BCUT2D eigenvalue weighted by Gasteiger charge is -2.17. The molecule has 140 valence electrons. The van der Waals surface area contributed by atoms with Crippen molar-refractivity contribution in [1.29, 1.82) is 0 Å². The molecule has 0 saturated carbocycles. The lowest BCUT2D eigenvalue weighted by atomic mass is 10.2. The summed E-state index contributed by atoms with van der Waals surface area (Å²) in [6, 6.07) is 5.19. The van der Waals surface area contributed by atoms with Gasteiger partial charge < -0.3 is 9.09 Å². The lowest BCUT2D eigenvalue weighted by Crippen LogP contribution is -2.24. The Labute approximate surface area is 158 Å². The summed E-state index contributed by atoms with van der Waals surface area (Å²) in [6.45, 7) is 2.62. The molecule has 0 aliphatic heterocycles. The molecule has 27 heavy (non-hydrogen) atoms. The summed E-state index contributed by atoms with van der Waals surface area (Å²) in [5.74, 6) is -1.67. The van der Waals surface area contributed by atoms with E-state index < -0.39 is 12.5 Å². The molecule has 0 aliphatic carbocycles. The fraction of sp³-hybridized carbons (Fsp3) is 0.333. The molecule has 0 spiro atoms. The molecule has 1 aromatic carbocycles. The summed E-state index contributed by atoms with van der Waals surface area (Å²) in [5.41, 5.74) is 1.76. The van der Waals surface area contributed by atoms with E-state index in [-0.39, 0.29) is 12.8 Å². The van der Waals surface area contributed by atoms with Gasteiger partial charge in [-0.1, -0.05) is 23.7 Å². The number of pyridine rings is 1. The van der Waals surface area contributed by atoms with Crippen molar-refractivity contribution < 1.29 is 13.3 Å². The zero-order valence-electron chi connectivity index (χ0n) is 14.7. The third-order valence-electron chi connectivity index (χ3n) is 4.41. The number of alkyl halides is 2. The maximum Gasteiger partial charge on any atom is 0.265 e. The molecule has 0 unspecified atom stereocenters. The van der Waals surface area contributed by atoms with Crippen molar-refractivity contribution in [3.05, 3.63) is 47.0 Å². The second-order valence-corrected chi connectivity index (χ2v) is 6.82. The van der Waals surface area contributed by atoms with Gasteiger partial charge in [-0.2, -0.15) is 4.98 Å². The number of halogens is 3. The zero-order valence-corrected chi connectivity index (χ0v) is 15.5. The SMILES string of the molecule is CCC(F)(F)Cn1c(Cc2noc(C)n2)nc2cnc3ccc(Cl)cc3c21. The molecule has 0 saturated heterocycles. The van der Waals surface area contributed by atoms with E-state index in [9.17, 15) is 8.78 Å². The molecule has 4 aromatic rings. The minimum atomic E-state index is -2.89. The average molecular weight is 392 g/mol. The number of benzene rings is 1. The molecule has 0 atom stereocenters. The van der Waals surface area contributed by atoms with Crippen molar-refractivity contribution in [2.24, 2.45) is 0 Å². The highest BCUT2D eigenvalue weighted by atomic mass is 35.5. The van der Waals surface area contributed by atoms with Gasteiger partial charge in [-0.15, -0.1) is 0 Å². The average Bonchev–Trinajstić information content (AvgIpc) is 3.18. The molecule has 6 nitrogen and oxygen atoms in total. The third-order valence-corrected chi connectivity index (χ3v) is 4.64. The summed E-state index contributed by atoms with van der Waals surface area (Å²) in [6.07, 6.45) is 1.47. The third kappa shape index (κ3) is 3.37. The second-order valence-electron chi connectivity index (χ2n) is 6.38. The predicted octanol–water partition coefficient (Wildman–Crippen LogP) is 4.57. The minimum Gasteiger partial charge on any atom is -0.340 e. The van der Waals surface area contributed by atoms with Crippen LogP contribution in [0.25, 0.3) is 21.9 Å². The van der Waals surface area contributed by atoms with Crippen molar-refractivity contribution >= 4 is 33.5 Å². The second kappa shape index (κ2) is 6.53. The van der Waals surface area contributed by atoms with Crippen LogP contribution in [0.5, 0.6) is 0 Å². The summed E-state index contributed by atoms with van der Waals surface area (Å²) < 4.78 is 35.1. The highest BCUT2D eigenvalue weighted by molar-refractivity contribution is 6.31. The molecule has 4 rings (SSSR count). The van der Waals surface area contributed by atoms with Crippen molar-refractivity contribution in [2.75, 3.05) is 0 Å². The Morgan fingerprint density at radius 2 is 2.04 bits per heavy atom.